The number of hydrogen-bond acceptors (Lipinski definition) is 2. The molecule has 30 heavy (non-hydrogen) atoms. The first-order valence-electron chi connectivity index (χ1n) is 11.1. The van der Waals surface area contributed by atoms with Crippen LogP contribution in [0.1, 0.15) is 66.8 Å². The maximum Gasteiger partial charge on any atom is 0.259 e. The molecular formula is C25H27FN2O2. The highest BCUT2D eigenvalue weighted by Gasteiger charge is 2.56. The number of carbonyl (C=O) groups excluding carboxylic acids is 2. The zero-order chi connectivity index (χ0) is 20.7. The van der Waals surface area contributed by atoms with Gasteiger partial charge in [-0.2, -0.15) is 0 Å². The van der Waals surface area contributed by atoms with Crippen LogP contribution in [0, 0.1) is 5.82 Å². The standard InChI is InChI=1S/C25H27FN2O2/c26-20-12-4-5-13-21(20)28-23(29)19-11-3-2-10-18(19)22(24(30)27-16-8-9-17-27)25(28)14-6-1-7-15-25/h2-5,10-13,22H,1,6-9,14-17H2/t22-/m1/s1. The summed E-state index contributed by atoms with van der Waals surface area (Å²) in [6.45, 7) is 1.53. The normalized spacial score (nSPS) is 23.0. The van der Waals surface area contributed by atoms with Crippen LogP contribution in [0.15, 0.2) is 48.5 Å². The third kappa shape index (κ3) is 2.86. The van der Waals surface area contributed by atoms with E-state index in [4.69, 9.17) is 0 Å². The summed E-state index contributed by atoms with van der Waals surface area (Å²) in [6.07, 6.45) is 6.41. The number of nitrogens with zero attached hydrogens (tertiary/aromatic N) is 2. The molecule has 2 fully saturated rings. The van der Waals surface area contributed by atoms with E-state index < -0.39 is 17.3 Å². The average Bonchev–Trinajstić information content (AvgIpc) is 3.31. The Kier molecular flexibility index (Phi) is 4.84. The van der Waals surface area contributed by atoms with E-state index in [0.717, 1.165) is 50.8 Å². The molecule has 2 amide bonds. The Morgan fingerprint density at radius 2 is 1.57 bits per heavy atom. The van der Waals surface area contributed by atoms with Crippen LogP contribution >= 0.6 is 0 Å². The minimum atomic E-state index is -0.717. The highest BCUT2D eigenvalue weighted by molar-refractivity contribution is 6.12. The summed E-state index contributed by atoms with van der Waals surface area (Å²) >= 11 is 0. The first kappa shape index (κ1) is 19.3. The SMILES string of the molecule is O=C([C@H]1c2ccccc2C(=O)N(c2ccccc2F)C12CCCCC2)N1CCCC1. The third-order valence-electron chi connectivity index (χ3n) is 7.17. The molecule has 4 nitrogen and oxygen atoms in total. The van der Waals surface area contributed by atoms with Crippen molar-refractivity contribution >= 4 is 17.5 Å². The maximum atomic E-state index is 15.0. The summed E-state index contributed by atoms with van der Waals surface area (Å²) in [6, 6.07) is 13.9. The topological polar surface area (TPSA) is 40.6 Å². The van der Waals surface area contributed by atoms with Crippen LogP contribution < -0.4 is 4.90 Å². The van der Waals surface area contributed by atoms with Crippen LogP contribution in [0.2, 0.25) is 0 Å². The lowest BCUT2D eigenvalue weighted by Crippen LogP contribution is -2.63. The summed E-state index contributed by atoms with van der Waals surface area (Å²) in [5.74, 6) is -0.967. The largest absolute Gasteiger partial charge is 0.342 e. The summed E-state index contributed by atoms with van der Waals surface area (Å²) in [7, 11) is 0. The van der Waals surface area contributed by atoms with Crippen molar-refractivity contribution in [3.05, 3.63) is 65.5 Å². The van der Waals surface area contributed by atoms with E-state index >= 15 is 4.39 Å². The van der Waals surface area contributed by atoms with Gasteiger partial charge in [0.15, 0.2) is 0 Å². The Morgan fingerprint density at radius 1 is 0.900 bits per heavy atom. The Labute approximate surface area is 176 Å². The van der Waals surface area contributed by atoms with Crippen molar-refractivity contribution in [2.24, 2.45) is 0 Å². The van der Waals surface area contributed by atoms with E-state index in [1.165, 1.54) is 6.07 Å². The first-order chi connectivity index (χ1) is 14.6. The maximum absolute atomic E-state index is 15.0. The van der Waals surface area contributed by atoms with Crippen molar-refractivity contribution in [2.45, 2.75) is 56.4 Å². The van der Waals surface area contributed by atoms with E-state index in [-0.39, 0.29) is 17.5 Å². The van der Waals surface area contributed by atoms with Crippen molar-refractivity contribution < 1.29 is 14.0 Å². The number of para-hydroxylation sites is 1. The molecule has 2 heterocycles. The van der Waals surface area contributed by atoms with E-state index in [0.29, 0.717) is 18.4 Å². The molecule has 0 N–H and O–H groups in total. The van der Waals surface area contributed by atoms with Crippen LogP contribution in [0.4, 0.5) is 10.1 Å². The molecule has 5 heteroatoms. The lowest BCUT2D eigenvalue weighted by Gasteiger charge is -2.54. The van der Waals surface area contributed by atoms with E-state index in [9.17, 15) is 9.59 Å². The molecule has 1 saturated heterocycles. The Balaban J connectivity index is 1.74. The Bertz CT molecular complexity index is 977. The lowest BCUT2D eigenvalue weighted by molar-refractivity contribution is -0.134. The molecule has 5 rings (SSSR count). The predicted octanol–water partition coefficient (Wildman–Crippen LogP) is 4.90. The molecule has 156 valence electrons. The number of likely N-dealkylation sites (tertiary alicyclic amines) is 1. The molecule has 1 saturated carbocycles. The van der Waals surface area contributed by atoms with Crippen LogP contribution in [0.25, 0.3) is 0 Å². The number of benzene rings is 2. The number of amides is 2. The fourth-order valence-electron chi connectivity index (χ4n) is 5.83. The van der Waals surface area contributed by atoms with Crippen molar-refractivity contribution in [1.29, 1.82) is 0 Å². The molecule has 2 aliphatic heterocycles. The van der Waals surface area contributed by atoms with Gasteiger partial charge >= 0.3 is 0 Å². The second-order valence-corrected chi connectivity index (χ2v) is 8.81. The summed E-state index contributed by atoms with van der Waals surface area (Å²) in [4.78, 5) is 31.3. The number of rotatable bonds is 2. The second kappa shape index (κ2) is 7.53. The molecule has 1 aliphatic carbocycles. The summed E-state index contributed by atoms with van der Waals surface area (Å²) < 4.78 is 15.0. The predicted molar refractivity (Wildman–Crippen MR) is 114 cm³/mol. The Hall–Kier alpha value is -2.69. The molecule has 3 aliphatic rings. The molecule has 2 aromatic carbocycles. The lowest BCUT2D eigenvalue weighted by atomic mass is 9.65. The first-order valence-corrected chi connectivity index (χ1v) is 11.1. The zero-order valence-electron chi connectivity index (χ0n) is 17.1. The fourth-order valence-corrected chi connectivity index (χ4v) is 5.83. The number of anilines is 1. The molecule has 0 unspecified atom stereocenters. The van der Waals surface area contributed by atoms with Gasteiger partial charge in [-0.15, -0.1) is 0 Å². The molecule has 1 atom stereocenters. The molecule has 0 radical (unpaired) electrons. The van der Waals surface area contributed by atoms with Gasteiger partial charge in [-0.1, -0.05) is 49.6 Å². The minimum absolute atomic E-state index is 0.0932. The van der Waals surface area contributed by atoms with Gasteiger partial charge in [0, 0.05) is 18.7 Å². The van der Waals surface area contributed by atoms with Gasteiger partial charge in [0.2, 0.25) is 5.91 Å². The van der Waals surface area contributed by atoms with E-state index in [1.54, 1.807) is 29.2 Å². The zero-order valence-corrected chi connectivity index (χ0v) is 17.1. The van der Waals surface area contributed by atoms with Crippen LogP contribution in [-0.2, 0) is 4.79 Å². The van der Waals surface area contributed by atoms with Crippen LogP contribution in [0.5, 0.6) is 0 Å². The van der Waals surface area contributed by atoms with Gasteiger partial charge in [0.05, 0.1) is 17.1 Å². The summed E-state index contributed by atoms with van der Waals surface area (Å²) in [5, 5.41) is 0. The van der Waals surface area contributed by atoms with Gasteiger partial charge in [-0.3, -0.25) is 14.5 Å². The van der Waals surface area contributed by atoms with Crippen molar-refractivity contribution in [3.63, 3.8) is 0 Å². The smallest absolute Gasteiger partial charge is 0.259 e. The molecule has 0 aromatic heterocycles. The van der Waals surface area contributed by atoms with E-state index in [2.05, 4.69) is 0 Å². The highest BCUT2D eigenvalue weighted by Crippen LogP contribution is 2.51. The Morgan fingerprint density at radius 3 is 2.30 bits per heavy atom. The second-order valence-electron chi connectivity index (χ2n) is 8.81. The van der Waals surface area contributed by atoms with Gasteiger partial charge in [-0.05, 0) is 49.4 Å². The third-order valence-corrected chi connectivity index (χ3v) is 7.17. The highest BCUT2D eigenvalue weighted by atomic mass is 19.1. The van der Waals surface area contributed by atoms with Crippen LogP contribution in [0.3, 0.4) is 0 Å². The average molecular weight is 407 g/mol. The molecule has 1 spiro atoms. The summed E-state index contributed by atoms with van der Waals surface area (Å²) in [5.41, 5.74) is 0.910. The number of carbonyl (C=O) groups is 2. The van der Waals surface area contributed by atoms with Gasteiger partial charge < -0.3 is 4.90 Å². The van der Waals surface area contributed by atoms with E-state index in [1.807, 2.05) is 23.1 Å². The van der Waals surface area contributed by atoms with Crippen molar-refractivity contribution in [3.8, 4) is 0 Å². The number of halogens is 1. The monoisotopic (exact) mass is 406 g/mol. The molecular weight excluding hydrogens is 379 g/mol. The number of hydrogen-bond donors (Lipinski definition) is 0. The van der Waals surface area contributed by atoms with Crippen LogP contribution in [-0.4, -0.2) is 35.3 Å². The molecule has 0 bridgehead atoms. The van der Waals surface area contributed by atoms with Gasteiger partial charge in [0.25, 0.3) is 5.91 Å². The van der Waals surface area contributed by atoms with Gasteiger partial charge in [-0.25, -0.2) is 4.39 Å². The van der Waals surface area contributed by atoms with Crippen molar-refractivity contribution in [2.75, 3.05) is 18.0 Å². The van der Waals surface area contributed by atoms with Crippen molar-refractivity contribution in [1.82, 2.24) is 4.90 Å². The quantitative estimate of drug-likeness (QED) is 0.712. The number of fused-ring (bicyclic) bond motifs is 1. The fraction of sp³-hybridized carbons (Fsp3) is 0.440. The molecule has 2 aromatic rings. The van der Waals surface area contributed by atoms with Gasteiger partial charge in [0.1, 0.15) is 5.82 Å². The minimum Gasteiger partial charge on any atom is -0.342 e.